The summed E-state index contributed by atoms with van der Waals surface area (Å²) in [6.45, 7) is 2.72. The second kappa shape index (κ2) is 7.14. The zero-order valence-electron chi connectivity index (χ0n) is 13.4. The fourth-order valence-electron chi connectivity index (χ4n) is 2.89. The topological polar surface area (TPSA) is 68.2 Å². The van der Waals surface area contributed by atoms with Gasteiger partial charge in [-0.15, -0.1) is 11.3 Å². The average Bonchev–Trinajstić information content (AvgIpc) is 3.25. The highest BCUT2D eigenvalue weighted by Gasteiger charge is 2.32. The molecule has 3 rings (SSSR count). The van der Waals surface area contributed by atoms with Crippen molar-refractivity contribution in [3.05, 3.63) is 40.3 Å². The Hall–Kier alpha value is -1.86. The van der Waals surface area contributed by atoms with Gasteiger partial charge in [-0.1, -0.05) is 13.0 Å². The van der Waals surface area contributed by atoms with Crippen LogP contribution in [0, 0.1) is 0 Å². The molecule has 0 aromatic carbocycles. The molecular weight excluding hydrogens is 312 g/mol. The molecule has 1 aliphatic heterocycles. The van der Waals surface area contributed by atoms with Crippen LogP contribution in [0.15, 0.2) is 29.9 Å². The fraction of sp³-hybridized carbons (Fsp3) is 0.500. The second-order valence-electron chi connectivity index (χ2n) is 5.73. The van der Waals surface area contributed by atoms with E-state index in [2.05, 4.69) is 28.7 Å². The molecule has 1 fully saturated rings. The molecule has 3 atom stereocenters. The van der Waals surface area contributed by atoms with E-state index in [4.69, 9.17) is 4.74 Å². The number of aromatic nitrogens is 2. The molecule has 7 heteroatoms. The highest BCUT2D eigenvalue weighted by Crippen LogP contribution is 2.29. The second-order valence-corrected chi connectivity index (χ2v) is 6.71. The maximum absolute atomic E-state index is 12.4. The van der Waals surface area contributed by atoms with Crippen molar-refractivity contribution < 1.29 is 9.53 Å². The normalized spacial score (nSPS) is 22.0. The molecule has 23 heavy (non-hydrogen) atoms. The monoisotopic (exact) mass is 334 g/mol. The number of rotatable bonds is 5. The predicted molar refractivity (Wildman–Crippen MR) is 89.3 cm³/mol. The number of aryl methyl sites for hydroxylation is 1. The lowest BCUT2D eigenvalue weighted by Gasteiger charge is -2.21. The molecule has 2 amide bonds. The predicted octanol–water partition coefficient (Wildman–Crippen LogP) is 2.76. The van der Waals surface area contributed by atoms with Gasteiger partial charge in [0.05, 0.1) is 18.3 Å². The van der Waals surface area contributed by atoms with Crippen molar-refractivity contribution in [1.29, 1.82) is 0 Å². The maximum atomic E-state index is 12.4. The van der Waals surface area contributed by atoms with Gasteiger partial charge in [-0.25, -0.2) is 4.79 Å². The summed E-state index contributed by atoms with van der Waals surface area (Å²) in [6, 6.07) is 3.94. The molecule has 2 N–H and O–H groups in total. The summed E-state index contributed by atoms with van der Waals surface area (Å²) in [5, 5.41) is 12.3. The van der Waals surface area contributed by atoms with E-state index < -0.39 is 0 Å². The molecule has 6 nitrogen and oxygen atoms in total. The molecule has 1 unspecified atom stereocenters. The van der Waals surface area contributed by atoms with Gasteiger partial charge in [0, 0.05) is 30.3 Å². The van der Waals surface area contributed by atoms with Crippen LogP contribution in [-0.4, -0.2) is 28.5 Å². The number of hydrogen-bond acceptors (Lipinski definition) is 4. The molecule has 2 aromatic heterocycles. The van der Waals surface area contributed by atoms with E-state index in [1.54, 1.807) is 22.2 Å². The molecule has 3 heterocycles. The molecular formula is C16H22N4O2S. The van der Waals surface area contributed by atoms with Gasteiger partial charge in [0.1, 0.15) is 6.10 Å². The minimum Gasteiger partial charge on any atom is -0.371 e. The van der Waals surface area contributed by atoms with E-state index in [0.717, 1.165) is 18.4 Å². The summed E-state index contributed by atoms with van der Waals surface area (Å²) in [5.41, 5.74) is 1.00. The summed E-state index contributed by atoms with van der Waals surface area (Å²) in [7, 11) is 1.88. The number of ether oxygens (including phenoxy) is 1. The lowest BCUT2D eigenvalue weighted by atomic mass is 10.1. The van der Waals surface area contributed by atoms with Crippen molar-refractivity contribution in [2.45, 2.75) is 38.0 Å². The first-order valence-corrected chi connectivity index (χ1v) is 8.76. The molecule has 0 bridgehead atoms. The van der Waals surface area contributed by atoms with Crippen LogP contribution in [0.1, 0.15) is 42.4 Å². The Morgan fingerprint density at radius 2 is 2.48 bits per heavy atom. The molecule has 0 radical (unpaired) electrons. The zero-order valence-corrected chi connectivity index (χ0v) is 14.2. The third kappa shape index (κ3) is 3.73. The number of nitrogens with one attached hydrogen (secondary N) is 2. The molecule has 124 valence electrons. The van der Waals surface area contributed by atoms with Gasteiger partial charge in [0.15, 0.2) is 0 Å². The number of hydrogen-bond donors (Lipinski definition) is 2. The van der Waals surface area contributed by atoms with E-state index in [1.807, 2.05) is 24.7 Å². The lowest BCUT2D eigenvalue weighted by molar-refractivity contribution is 0.0997. The van der Waals surface area contributed by atoms with Gasteiger partial charge in [-0.3, -0.25) is 4.68 Å². The average molecular weight is 334 g/mol. The summed E-state index contributed by atoms with van der Waals surface area (Å²) in [6.07, 6.45) is 5.27. The van der Waals surface area contributed by atoms with Crippen LogP contribution in [0.5, 0.6) is 0 Å². The van der Waals surface area contributed by atoms with Crippen LogP contribution in [0.2, 0.25) is 0 Å². The van der Waals surface area contributed by atoms with Crippen molar-refractivity contribution >= 4 is 17.4 Å². The number of nitrogens with zero attached hydrogens (tertiary/aromatic N) is 2. The SMILES string of the molecule is CCC(NC(=O)N[C@H]1CCO[C@@H]1c1cnn(C)c1)c1cccs1. The van der Waals surface area contributed by atoms with Crippen molar-refractivity contribution in [2.75, 3.05) is 6.61 Å². The van der Waals surface area contributed by atoms with Crippen LogP contribution in [0.4, 0.5) is 4.79 Å². The van der Waals surface area contributed by atoms with Gasteiger partial charge in [0.2, 0.25) is 0 Å². The third-order valence-corrected chi connectivity index (χ3v) is 5.05. The van der Waals surface area contributed by atoms with Gasteiger partial charge in [-0.05, 0) is 24.3 Å². The van der Waals surface area contributed by atoms with Crippen molar-refractivity contribution in [2.24, 2.45) is 7.05 Å². The van der Waals surface area contributed by atoms with Crippen LogP contribution < -0.4 is 10.6 Å². The first kappa shape index (κ1) is 16.0. The van der Waals surface area contributed by atoms with E-state index in [9.17, 15) is 4.79 Å². The third-order valence-electron chi connectivity index (χ3n) is 4.06. The Morgan fingerprint density at radius 1 is 1.61 bits per heavy atom. The van der Waals surface area contributed by atoms with Crippen LogP contribution in [0.25, 0.3) is 0 Å². The highest BCUT2D eigenvalue weighted by molar-refractivity contribution is 7.10. The smallest absolute Gasteiger partial charge is 0.315 e. The van der Waals surface area contributed by atoms with Crippen molar-refractivity contribution in [1.82, 2.24) is 20.4 Å². The van der Waals surface area contributed by atoms with E-state index in [1.165, 1.54) is 4.88 Å². The van der Waals surface area contributed by atoms with Crippen molar-refractivity contribution in [3.63, 3.8) is 0 Å². The molecule has 1 saturated heterocycles. The Labute approximate surface area is 139 Å². The first-order valence-electron chi connectivity index (χ1n) is 7.88. The number of carbonyl (C=O) groups excluding carboxylic acids is 1. The number of urea groups is 1. The summed E-state index contributed by atoms with van der Waals surface area (Å²) < 4.78 is 7.52. The Balaban J connectivity index is 1.60. The Bertz CT molecular complexity index is 640. The molecule has 0 aliphatic carbocycles. The van der Waals surface area contributed by atoms with Crippen LogP contribution >= 0.6 is 11.3 Å². The number of carbonyl (C=O) groups is 1. The van der Waals surface area contributed by atoms with Gasteiger partial charge in [-0.2, -0.15) is 5.10 Å². The quantitative estimate of drug-likeness (QED) is 0.883. The fourth-order valence-corrected chi connectivity index (χ4v) is 3.75. The highest BCUT2D eigenvalue weighted by atomic mass is 32.1. The van der Waals surface area contributed by atoms with E-state index >= 15 is 0 Å². The standard InChI is InChI=1S/C16H22N4O2S/c1-3-12(14-5-4-8-23-14)18-16(21)19-13-6-7-22-15(13)11-9-17-20(2)10-11/h4-5,8-10,12-13,15H,3,6-7H2,1-2H3,(H2,18,19,21)/t12?,13-,15+/m0/s1. The largest absolute Gasteiger partial charge is 0.371 e. The van der Waals surface area contributed by atoms with Crippen molar-refractivity contribution in [3.8, 4) is 0 Å². The van der Waals surface area contributed by atoms with E-state index in [0.29, 0.717) is 6.61 Å². The minimum absolute atomic E-state index is 0.0277. The Kier molecular flexibility index (Phi) is 4.97. The molecule has 0 spiro atoms. The zero-order chi connectivity index (χ0) is 16.2. The van der Waals surface area contributed by atoms with Gasteiger partial charge in [0.25, 0.3) is 0 Å². The summed E-state index contributed by atoms with van der Waals surface area (Å²) >= 11 is 1.66. The van der Waals surface area contributed by atoms with Crippen LogP contribution in [-0.2, 0) is 11.8 Å². The summed E-state index contributed by atoms with van der Waals surface area (Å²) in [5.74, 6) is 0. The molecule has 2 aromatic rings. The Morgan fingerprint density at radius 3 is 3.13 bits per heavy atom. The number of thiophene rings is 1. The van der Waals surface area contributed by atoms with Crippen LogP contribution in [0.3, 0.4) is 0 Å². The summed E-state index contributed by atoms with van der Waals surface area (Å²) in [4.78, 5) is 13.5. The van der Waals surface area contributed by atoms with E-state index in [-0.39, 0.29) is 24.2 Å². The minimum atomic E-state index is -0.144. The maximum Gasteiger partial charge on any atom is 0.315 e. The number of amides is 2. The van der Waals surface area contributed by atoms with Gasteiger partial charge >= 0.3 is 6.03 Å². The van der Waals surface area contributed by atoms with Gasteiger partial charge < -0.3 is 15.4 Å². The molecule has 0 saturated carbocycles. The first-order chi connectivity index (χ1) is 11.2. The molecule has 1 aliphatic rings. The lowest BCUT2D eigenvalue weighted by Crippen LogP contribution is -2.44.